The second-order valence-electron chi connectivity index (χ2n) is 9.77. The Morgan fingerprint density at radius 2 is 1.91 bits per heavy atom. The molecule has 5 heteroatoms. The molecule has 1 aliphatic carbocycles. The monoisotopic (exact) mass is 449 g/mol. The number of phenols is 1. The zero-order valence-corrected chi connectivity index (χ0v) is 19.8. The number of fused-ring (bicyclic) bond motifs is 1. The third kappa shape index (κ3) is 4.79. The van der Waals surface area contributed by atoms with Gasteiger partial charge >= 0.3 is 0 Å². The minimum Gasteiger partial charge on any atom is -0.504 e. The molecule has 0 radical (unpaired) electrons. The molecule has 3 atom stereocenters. The second kappa shape index (κ2) is 9.60. The maximum atomic E-state index is 13.4. The number of benzene rings is 2. The van der Waals surface area contributed by atoms with E-state index < -0.39 is 5.60 Å². The Balaban J connectivity index is 1.64. The van der Waals surface area contributed by atoms with Gasteiger partial charge in [0, 0.05) is 18.5 Å². The number of amides is 1. The molecule has 2 aliphatic rings. The van der Waals surface area contributed by atoms with Crippen molar-refractivity contribution in [3.8, 4) is 11.5 Å². The van der Waals surface area contributed by atoms with E-state index in [1.807, 2.05) is 29.2 Å². The summed E-state index contributed by atoms with van der Waals surface area (Å²) in [5.74, 6) is 0.809. The Bertz CT molecular complexity index is 1010. The second-order valence-corrected chi connectivity index (χ2v) is 9.77. The number of nitrogens with zero attached hydrogens (tertiary/aromatic N) is 1. The first-order valence-corrected chi connectivity index (χ1v) is 12.0. The van der Waals surface area contributed by atoms with Crippen LogP contribution in [0.1, 0.15) is 74.6 Å². The molecule has 1 saturated carbocycles. The van der Waals surface area contributed by atoms with Crippen LogP contribution in [0.5, 0.6) is 11.5 Å². The molecule has 2 aromatic carbocycles. The number of piperidine rings is 1. The van der Waals surface area contributed by atoms with Gasteiger partial charge in [-0.1, -0.05) is 57.0 Å². The third-order valence-electron chi connectivity index (χ3n) is 7.42. The Hall–Kier alpha value is -2.79. The molecule has 4 rings (SSSR count). The van der Waals surface area contributed by atoms with Gasteiger partial charge in [0.2, 0.25) is 5.91 Å². The molecular formula is C28H35NO4. The van der Waals surface area contributed by atoms with Crippen molar-refractivity contribution in [3.05, 3.63) is 65.2 Å². The van der Waals surface area contributed by atoms with Crippen molar-refractivity contribution in [1.82, 2.24) is 4.90 Å². The number of likely N-dealkylation sites (tertiary alicyclic amines) is 1. The summed E-state index contributed by atoms with van der Waals surface area (Å²) in [5, 5.41) is 21.5. The minimum atomic E-state index is -0.763. The Morgan fingerprint density at radius 1 is 1.15 bits per heavy atom. The van der Waals surface area contributed by atoms with Crippen LogP contribution >= 0.6 is 0 Å². The number of carbonyl (C=O) groups excluding carboxylic acids is 1. The number of phenolic OH excluding ortho intramolecular Hbond substituents is 1. The molecule has 2 N–H and O–H groups in total. The fourth-order valence-electron chi connectivity index (χ4n) is 5.47. The standard InChI is InChI=1S/C28H35NO4/c1-19(2)21-10-7-20(8-11-21)9-14-26(31)29-17-16-28(32)15-5-4-6-23(28)27(29)22-12-13-24(30)25(18-22)33-3/h7-14,18-19,23,27,30,32H,4-6,15-17H2,1-3H3/b14-9+/t23-,27-,28+/m1/s1. The van der Waals surface area contributed by atoms with Crippen molar-refractivity contribution in [2.45, 2.75) is 63.5 Å². The Labute approximate surface area is 196 Å². The van der Waals surface area contributed by atoms with Gasteiger partial charge in [-0.25, -0.2) is 0 Å². The van der Waals surface area contributed by atoms with Crippen molar-refractivity contribution in [2.24, 2.45) is 5.92 Å². The third-order valence-corrected chi connectivity index (χ3v) is 7.42. The zero-order chi connectivity index (χ0) is 23.6. The molecule has 1 saturated heterocycles. The van der Waals surface area contributed by atoms with E-state index in [0.29, 0.717) is 24.6 Å². The van der Waals surface area contributed by atoms with Crippen molar-refractivity contribution in [1.29, 1.82) is 0 Å². The number of rotatable bonds is 5. The molecule has 5 nitrogen and oxygen atoms in total. The molecule has 2 fully saturated rings. The van der Waals surface area contributed by atoms with Crippen LogP contribution in [0, 0.1) is 5.92 Å². The molecule has 0 unspecified atom stereocenters. The van der Waals surface area contributed by atoms with Gasteiger partial charge in [0.05, 0.1) is 18.8 Å². The van der Waals surface area contributed by atoms with E-state index in [4.69, 9.17) is 4.74 Å². The van der Waals surface area contributed by atoms with Crippen molar-refractivity contribution in [2.75, 3.05) is 13.7 Å². The summed E-state index contributed by atoms with van der Waals surface area (Å²) in [7, 11) is 1.52. The van der Waals surface area contributed by atoms with Crippen molar-refractivity contribution >= 4 is 12.0 Å². The lowest BCUT2D eigenvalue weighted by molar-refractivity contribution is -0.150. The van der Waals surface area contributed by atoms with Gasteiger partial charge in [-0.3, -0.25) is 4.79 Å². The average molecular weight is 450 g/mol. The summed E-state index contributed by atoms with van der Waals surface area (Å²) >= 11 is 0. The van der Waals surface area contributed by atoms with Crippen LogP contribution < -0.4 is 4.74 Å². The number of hydrogen-bond donors (Lipinski definition) is 2. The zero-order valence-electron chi connectivity index (χ0n) is 19.8. The summed E-state index contributed by atoms with van der Waals surface area (Å²) in [6.07, 6.45) is 7.78. The summed E-state index contributed by atoms with van der Waals surface area (Å²) < 4.78 is 5.34. The molecule has 33 heavy (non-hydrogen) atoms. The van der Waals surface area contributed by atoms with E-state index in [0.717, 1.165) is 36.8 Å². The van der Waals surface area contributed by atoms with Crippen LogP contribution in [0.2, 0.25) is 0 Å². The topological polar surface area (TPSA) is 70.0 Å². The summed E-state index contributed by atoms with van der Waals surface area (Å²) in [6, 6.07) is 13.3. The predicted octanol–water partition coefficient (Wildman–Crippen LogP) is 5.43. The Morgan fingerprint density at radius 3 is 2.61 bits per heavy atom. The largest absolute Gasteiger partial charge is 0.504 e. The van der Waals surface area contributed by atoms with E-state index in [1.165, 1.54) is 12.7 Å². The molecule has 0 aromatic heterocycles. The molecule has 2 aromatic rings. The average Bonchev–Trinajstić information content (AvgIpc) is 2.82. The molecule has 0 spiro atoms. The van der Waals surface area contributed by atoms with Gasteiger partial charge in [-0.15, -0.1) is 0 Å². The summed E-state index contributed by atoms with van der Waals surface area (Å²) in [5.41, 5.74) is 2.38. The van der Waals surface area contributed by atoms with Gasteiger partial charge in [-0.05, 0) is 60.1 Å². The lowest BCUT2D eigenvalue weighted by atomic mass is 9.66. The molecule has 1 aliphatic heterocycles. The Kier molecular flexibility index (Phi) is 6.80. The van der Waals surface area contributed by atoms with E-state index in [2.05, 4.69) is 26.0 Å². The maximum absolute atomic E-state index is 13.4. The molecule has 1 heterocycles. The van der Waals surface area contributed by atoms with Crippen molar-refractivity contribution in [3.63, 3.8) is 0 Å². The first kappa shape index (κ1) is 23.4. The van der Waals surface area contributed by atoms with Gasteiger partial charge in [0.15, 0.2) is 11.5 Å². The van der Waals surface area contributed by atoms with Crippen LogP contribution in [0.3, 0.4) is 0 Å². The fraction of sp³-hybridized carbons (Fsp3) is 0.464. The number of methoxy groups -OCH3 is 1. The van der Waals surface area contributed by atoms with Crippen molar-refractivity contribution < 1.29 is 19.7 Å². The number of ether oxygens (including phenoxy) is 1. The highest BCUT2D eigenvalue weighted by molar-refractivity contribution is 5.92. The first-order valence-electron chi connectivity index (χ1n) is 12.0. The first-order chi connectivity index (χ1) is 15.8. The number of aliphatic hydroxyl groups is 1. The van der Waals surface area contributed by atoms with Gasteiger partial charge < -0.3 is 19.8 Å². The smallest absolute Gasteiger partial charge is 0.247 e. The number of hydrogen-bond acceptors (Lipinski definition) is 4. The van der Waals surface area contributed by atoms with E-state index >= 15 is 0 Å². The van der Waals surface area contributed by atoms with Crippen LogP contribution in [-0.2, 0) is 4.79 Å². The number of carbonyl (C=O) groups is 1. The fourth-order valence-corrected chi connectivity index (χ4v) is 5.47. The highest BCUT2D eigenvalue weighted by atomic mass is 16.5. The van der Waals surface area contributed by atoms with E-state index in [1.54, 1.807) is 18.2 Å². The SMILES string of the molecule is COc1cc([C@@H]2[C@H]3CCCC[C@]3(O)CCN2C(=O)/C=C/c2ccc(C(C)C)cc2)ccc1O. The quantitative estimate of drug-likeness (QED) is 0.597. The van der Waals surface area contributed by atoms with Gasteiger partial charge in [0.25, 0.3) is 0 Å². The van der Waals surface area contributed by atoms with E-state index in [9.17, 15) is 15.0 Å². The predicted molar refractivity (Wildman–Crippen MR) is 130 cm³/mol. The lowest BCUT2D eigenvalue weighted by Gasteiger charge is -2.52. The van der Waals surface area contributed by atoms with Gasteiger partial charge in [-0.2, -0.15) is 0 Å². The molecule has 176 valence electrons. The van der Waals surface area contributed by atoms with Crippen LogP contribution in [0.25, 0.3) is 6.08 Å². The lowest BCUT2D eigenvalue weighted by Crippen LogP contribution is -2.56. The van der Waals surface area contributed by atoms with E-state index in [-0.39, 0.29) is 23.6 Å². The molecular weight excluding hydrogens is 414 g/mol. The summed E-state index contributed by atoms with van der Waals surface area (Å²) in [6.45, 7) is 4.82. The van der Waals surface area contributed by atoms with Crippen LogP contribution in [0.15, 0.2) is 48.5 Å². The molecule has 1 amide bonds. The minimum absolute atomic E-state index is 0.0445. The maximum Gasteiger partial charge on any atom is 0.247 e. The van der Waals surface area contributed by atoms with Crippen LogP contribution in [0.4, 0.5) is 0 Å². The van der Waals surface area contributed by atoms with Gasteiger partial charge in [0.1, 0.15) is 0 Å². The highest BCUT2D eigenvalue weighted by Gasteiger charge is 2.50. The van der Waals surface area contributed by atoms with Crippen LogP contribution in [-0.4, -0.2) is 40.3 Å². The molecule has 0 bridgehead atoms. The number of aromatic hydroxyl groups is 1. The normalized spacial score (nSPS) is 25.3. The summed E-state index contributed by atoms with van der Waals surface area (Å²) in [4.78, 5) is 15.3. The highest BCUT2D eigenvalue weighted by Crippen LogP contribution is 2.50.